The predicted molar refractivity (Wildman–Crippen MR) is 94.4 cm³/mol. The standard InChI is InChI=1S/C19H24BrN/c1-15(16-11-13-18(20)14-12-16)7-5-6-10-19(21)17-8-3-2-4-9-17/h2-4,8-9,11-15,19H,5-7,10,21H2,1H3/t15-,19?/m1/s1. The number of benzene rings is 2. The van der Waals surface area contributed by atoms with Gasteiger partial charge in [0.1, 0.15) is 0 Å². The Morgan fingerprint density at radius 2 is 1.48 bits per heavy atom. The summed E-state index contributed by atoms with van der Waals surface area (Å²) in [5, 5.41) is 0. The second-order valence-corrected chi connectivity index (χ2v) is 6.67. The van der Waals surface area contributed by atoms with E-state index < -0.39 is 0 Å². The Labute approximate surface area is 136 Å². The first-order valence-electron chi connectivity index (χ1n) is 7.73. The van der Waals surface area contributed by atoms with Gasteiger partial charge in [0.25, 0.3) is 0 Å². The number of halogens is 1. The molecule has 1 unspecified atom stereocenters. The van der Waals surface area contributed by atoms with Gasteiger partial charge in [-0.3, -0.25) is 0 Å². The monoisotopic (exact) mass is 345 g/mol. The molecule has 0 amide bonds. The lowest BCUT2D eigenvalue weighted by Gasteiger charge is -2.14. The zero-order valence-electron chi connectivity index (χ0n) is 12.6. The lowest BCUT2D eigenvalue weighted by molar-refractivity contribution is 0.542. The van der Waals surface area contributed by atoms with Crippen LogP contribution in [0.15, 0.2) is 59.1 Å². The van der Waals surface area contributed by atoms with E-state index in [1.54, 1.807) is 0 Å². The summed E-state index contributed by atoms with van der Waals surface area (Å²) >= 11 is 3.48. The molecular formula is C19H24BrN. The highest BCUT2D eigenvalue weighted by molar-refractivity contribution is 9.10. The Hall–Kier alpha value is -1.12. The van der Waals surface area contributed by atoms with Crippen molar-refractivity contribution in [2.24, 2.45) is 5.73 Å². The minimum absolute atomic E-state index is 0.175. The van der Waals surface area contributed by atoms with Crippen LogP contribution >= 0.6 is 15.9 Å². The number of hydrogen-bond acceptors (Lipinski definition) is 1. The van der Waals surface area contributed by atoms with Crippen molar-refractivity contribution in [3.05, 3.63) is 70.2 Å². The average molecular weight is 346 g/mol. The fraction of sp³-hybridized carbons (Fsp3) is 0.368. The molecule has 0 heterocycles. The van der Waals surface area contributed by atoms with E-state index in [9.17, 15) is 0 Å². The van der Waals surface area contributed by atoms with E-state index in [0.717, 1.165) is 10.9 Å². The molecule has 0 spiro atoms. The summed E-state index contributed by atoms with van der Waals surface area (Å²) in [5.41, 5.74) is 8.90. The third-order valence-corrected chi connectivity index (χ3v) is 4.60. The van der Waals surface area contributed by atoms with E-state index in [2.05, 4.69) is 71.4 Å². The Morgan fingerprint density at radius 3 is 2.14 bits per heavy atom. The van der Waals surface area contributed by atoms with E-state index in [-0.39, 0.29) is 6.04 Å². The minimum atomic E-state index is 0.175. The fourth-order valence-electron chi connectivity index (χ4n) is 2.64. The summed E-state index contributed by atoms with van der Waals surface area (Å²) in [7, 11) is 0. The number of nitrogens with two attached hydrogens (primary N) is 1. The number of hydrogen-bond donors (Lipinski definition) is 1. The molecule has 0 bridgehead atoms. The Bertz CT molecular complexity index is 521. The van der Waals surface area contributed by atoms with Crippen molar-refractivity contribution in [1.29, 1.82) is 0 Å². The van der Waals surface area contributed by atoms with Gasteiger partial charge in [-0.1, -0.05) is 78.2 Å². The normalized spacial score (nSPS) is 13.9. The van der Waals surface area contributed by atoms with Gasteiger partial charge >= 0.3 is 0 Å². The Balaban J connectivity index is 1.71. The van der Waals surface area contributed by atoms with Crippen LogP contribution < -0.4 is 5.73 Å². The first-order chi connectivity index (χ1) is 10.2. The van der Waals surface area contributed by atoms with Crippen molar-refractivity contribution in [1.82, 2.24) is 0 Å². The molecular weight excluding hydrogens is 322 g/mol. The molecule has 2 aromatic rings. The molecule has 2 atom stereocenters. The van der Waals surface area contributed by atoms with Gasteiger partial charge < -0.3 is 5.73 Å². The molecule has 2 rings (SSSR count). The van der Waals surface area contributed by atoms with Crippen molar-refractivity contribution in [2.75, 3.05) is 0 Å². The van der Waals surface area contributed by atoms with Gasteiger partial charge in [0.15, 0.2) is 0 Å². The summed E-state index contributed by atoms with van der Waals surface area (Å²) in [6.07, 6.45) is 4.72. The smallest absolute Gasteiger partial charge is 0.0294 e. The van der Waals surface area contributed by atoms with Crippen molar-refractivity contribution in [3.8, 4) is 0 Å². The van der Waals surface area contributed by atoms with Crippen LogP contribution in [-0.4, -0.2) is 0 Å². The van der Waals surface area contributed by atoms with Gasteiger partial charge in [-0.25, -0.2) is 0 Å². The molecule has 0 radical (unpaired) electrons. The van der Waals surface area contributed by atoms with Crippen molar-refractivity contribution >= 4 is 15.9 Å². The third-order valence-electron chi connectivity index (χ3n) is 4.07. The molecule has 0 aliphatic carbocycles. The lowest BCUT2D eigenvalue weighted by atomic mass is 9.94. The molecule has 0 fully saturated rings. The van der Waals surface area contributed by atoms with Crippen LogP contribution in [0.3, 0.4) is 0 Å². The lowest BCUT2D eigenvalue weighted by Crippen LogP contribution is -2.09. The molecule has 21 heavy (non-hydrogen) atoms. The van der Waals surface area contributed by atoms with Gasteiger partial charge in [0.05, 0.1) is 0 Å². The summed E-state index contributed by atoms with van der Waals surface area (Å²) in [5.74, 6) is 0.617. The summed E-state index contributed by atoms with van der Waals surface area (Å²) in [6, 6.07) is 19.2. The molecule has 2 heteroatoms. The van der Waals surface area contributed by atoms with Crippen LogP contribution in [0.4, 0.5) is 0 Å². The predicted octanol–water partition coefficient (Wildman–Crippen LogP) is 5.81. The zero-order valence-corrected chi connectivity index (χ0v) is 14.2. The minimum Gasteiger partial charge on any atom is -0.324 e. The van der Waals surface area contributed by atoms with Gasteiger partial charge in [0.2, 0.25) is 0 Å². The maximum absolute atomic E-state index is 6.23. The Morgan fingerprint density at radius 1 is 0.857 bits per heavy atom. The maximum Gasteiger partial charge on any atom is 0.0294 e. The number of rotatable bonds is 7. The molecule has 112 valence electrons. The van der Waals surface area contributed by atoms with Crippen molar-refractivity contribution in [3.63, 3.8) is 0 Å². The molecule has 0 aliphatic rings. The topological polar surface area (TPSA) is 26.0 Å². The van der Waals surface area contributed by atoms with Gasteiger partial charge in [0, 0.05) is 10.5 Å². The largest absolute Gasteiger partial charge is 0.324 e. The molecule has 0 saturated carbocycles. The summed E-state index contributed by atoms with van der Waals surface area (Å²) < 4.78 is 1.15. The van der Waals surface area contributed by atoms with E-state index in [4.69, 9.17) is 5.73 Å². The highest BCUT2D eigenvalue weighted by Crippen LogP contribution is 2.24. The second-order valence-electron chi connectivity index (χ2n) is 5.75. The van der Waals surface area contributed by atoms with Crippen LogP contribution in [0.1, 0.15) is 55.7 Å². The SMILES string of the molecule is C[C@H](CCCCC(N)c1ccccc1)c1ccc(Br)cc1. The van der Waals surface area contributed by atoms with Crippen molar-refractivity contribution in [2.45, 2.75) is 44.6 Å². The summed E-state index contributed by atoms with van der Waals surface area (Å²) in [4.78, 5) is 0. The van der Waals surface area contributed by atoms with Crippen LogP contribution in [-0.2, 0) is 0 Å². The number of unbranched alkanes of at least 4 members (excludes halogenated alkanes) is 1. The first-order valence-corrected chi connectivity index (χ1v) is 8.52. The van der Waals surface area contributed by atoms with Gasteiger partial charge in [-0.15, -0.1) is 0 Å². The zero-order chi connectivity index (χ0) is 15.1. The maximum atomic E-state index is 6.23. The highest BCUT2D eigenvalue weighted by atomic mass is 79.9. The van der Waals surface area contributed by atoms with E-state index in [1.165, 1.54) is 30.4 Å². The van der Waals surface area contributed by atoms with Gasteiger partial charge in [-0.2, -0.15) is 0 Å². The van der Waals surface area contributed by atoms with Crippen LogP contribution in [0, 0.1) is 0 Å². The Kier molecular flexibility index (Phi) is 6.47. The first kappa shape index (κ1) is 16.3. The molecule has 1 nitrogen and oxygen atoms in total. The quantitative estimate of drug-likeness (QED) is 0.629. The van der Waals surface area contributed by atoms with Crippen molar-refractivity contribution < 1.29 is 0 Å². The highest BCUT2D eigenvalue weighted by Gasteiger charge is 2.07. The van der Waals surface area contributed by atoms with E-state index in [1.807, 2.05) is 6.07 Å². The molecule has 0 saturated heterocycles. The van der Waals surface area contributed by atoms with Gasteiger partial charge in [-0.05, 0) is 42.0 Å². The van der Waals surface area contributed by atoms with Crippen LogP contribution in [0.2, 0.25) is 0 Å². The molecule has 0 aliphatic heterocycles. The molecule has 2 aromatic carbocycles. The summed E-state index contributed by atoms with van der Waals surface area (Å²) in [6.45, 7) is 2.31. The van der Waals surface area contributed by atoms with Crippen LogP contribution in [0.5, 0.6) is 0 Å². The van der Waals surface area contributed by atoms with E-state index in [0.29, 0.717) is 5.92 Å². The molecule has 2 N–H and O–H groups in total. The molecule has 0 aromatic heterocycles. The third kappa shape index (κ3) is 5.29. The van der Waals surface area contributed by atoms with E-state index >= 15 is 0 Å². The van der Waals surface area contributed by atoms with Crippen LogP contribution in [0.25, 0.3) is 0 Å². The fourth-order valence-corrected chi connectivity index (χ4v) is 2.90. The average Bonchev–Trinajstić information content (AvgIpc) is 2.52. The second kappa shape index (κ2) is 8.35.